The summed E-state index contributed by atoms with van der Waals surface area (Å²) in [6.07, 6.45) is 1.32. The van der Waals surface area contributed by atoms with E-state index in [9.17, 15) is 13.2 Å². The number of pyridine rings is 1. The second kappa shape index (κ2) is 6.76. The van der Waals surface area contributed by atoms with Crippen molar-refractivity contribution in [1.29, 1.82) is 0 Å². The number of benzene rings is 1. The number of rotatable bonds is 5. The Bertz CT molecular complexity index is 776. The Balaban J connectivity index is 2.18. The molecule has 6 nitrogen and oxygen atoms in total. The van der Waals surface area contributed by atoms with Crippen LogP contribution in [-0.4, -0.2) is 25.9 Å². The Morgan fingerprint density at radius 3 is 2.55 bits per heavy atom. The second-order valence-electron chi connectivity index (χ2n) is 4.21. The SMILES string of the molecule is CCOc1ccc(S(=O)(=O)NC(=O)c2ccnc(Cl)c2)cc1. The molecule has 1 heterocycles. The van der Waals surface area contributed by atoms with Crippen LogP contribution in [0.25, 0.3) is 0 Å². The van der Waals surface area contributed by atoms with Gasteiger partial charge in [0.25, 0.3) is 15.9 Å². The molecule has 0 spiro atoms. The highest BCUT2D eigenvalue weighted by atomic mass is 35.5. The lowest BCUT2D eigenvalue weighted by atomic mass is 10.3. The van der Waals surface area contributed by atoms with E-state index in [-0.39, 0.29) is 15.6 Å². The van der Waals surface area contributed by atoms with Crippen molar-refractivity contribution >= 4 is 27.5 Å². The molecule has 2 aromatic rings. The lowest BCUT2D eigenvalue weighted by Crippen LogP contribution is -2.30. The molecular formula is C14H13ClN2O4S. The minimum Gasteiger partial charge on any atom is -0.494 e. The van der Waals surface area contributed by atoms with E-state index < -0.39 is 15.9 Å². The van der Waals surface area contributed by atoms with Gasteiger partial charge >= 0.3 is 0 Å². The Labute approximate surface area is 133 Å². The van der Waals surface area contributed by atoms with Crippen molar-refractivity contribution in [3.63, 3.8) is 0 Å². The molecule has 1 amide bonds. The van der Waals surface area contributed by atoms with E-state index in [2.05, 4.69) is 4.98 Å². The van der Waals surface area contributed by atoms with Crippen LogP contribution < -0.4 is 9.46 Å². The van der Waals surface area contributed by atoms with Crippen molar-refractivity contribution in [2.75, 3.05) is 6.61 Å². The second-order valence-corrected chi connectivity index (χ2v) is 6.28. The third kappa shape index (κ3) is 3.96. The molecule has 0 unspecified atom stereocenters. The number of nitrogens with zero attached hydrogens (tertiary/aromatic N) is 1. The predicted molar refractivity (Wildman–Crippen MR) is 81.5 cm³/mol. The quantitative estimate of drug-likeness (QED) is 0.844. The Kier molecular flexibility index (Phi) is 4.99. The molecule has 0 aliphatic carbocycles. The van der Waals surface area contributed by atoms with Gasteiger partial charge in [-0.25, -0.2) is 18.1 Å². The molecule has 8 heteroatoms. The maximum Gasteiger partial charge on any atom is 0.265 e. The van der Waals surface area contributed by atoms with Crippen molar-refractivity contribution in [3.8, 4) is 5.75 Å². The first-order valence-electron chi connectivity index (χ1n) is 6.34. The standard InChI is InChI=1S/C14H13ClN2O4S/c1-2-21-11-3-5-12(6-4-11)22(19,20)17-14(18)10-7-8-16-13(15)9-10/h3-9H,2H2,1H3,(H,17,18). The molecule has 2 rings (SSSR count). The highest BCUT2D eigenvalue weighted by Gasteiger charge is 2.19. The van der Waals surface area contributed by atoms with Crippen molar-refractivity contribution in [3.05, 3.63) is 53.3 Å². The number of amides is 1. The van der Waals surface area contributed by atoms with Crippen LogP contribution in [-0.2, 0) is 10.0 Å². The number of hydrogen-bond acceptors (Lipinski definition) is 5. The number of halogens is 1. The highest BCUT2D eigenvalue weighted by molar-refractivity contribution is 7.90. The van der Waals surface area contributed by atoms with Crippen molar-refractivity contribution in [1.82, 2.24) is 9.71 Å². The van der Waals surface area contributed by atoms with Gasteiger partial charge in [-0.15, -0.1) is 0 Å². The largest absolute Gasteiger partial charge is 0.494 e. The first-order chi connectivity index (χ1) is 10.4. The molecule has 0 saturated carbocycles. The fourth-order valence-electron chi connectivity index (χ4n) is 1.67. The average Bonchev–Trinajstić information content (AvgIpc) is 2.48. The van der Waals surface area contributed by atoms with Gasteiger partial charge in [0.1, 0.15) is 10.9 Å². The summed E-state index contributed by atoms with van der Waals surface area (Å²) in [5.74, 6) is -0.230. The number of carbonyl (C=O) groups is 1. The van der Waals surface area contributed by atoms with Crippen LogP contribution in [0, 0.1) is 0 Å². The number of carbonyl (C=O) groups excluding carboxylic acids is 1. The summed E-state index contributed by atoms with van der Waals surface area (Å²) in [5, 5.41) is 0.103. The lowest BCUT2D eigenvalue weighted by molar-refractivity contribution is 0.0981. The predicted octanol–water partition coefficient (Wildman–Crippen LogP) is 2.25. The van der Waals surface area contributed by atoms with E-state index in [4.69, 9.17) is 16.3 Å². The highest BCUT2D eigenvalue weighted by Crippen LogP contribution is 2.16. The molecule has 0 saturated heterocycles. The fraction of sp³-hybridized carbons (Fsp3) is 0.143. The minimum absolute atomic E-state index is 0.0375. The van der Waals surface area contributed by atoms with Crippen LogP contribution in [0.5, 0.6) is 5.75 Å². The summed E-state index contributed by atoms with van der Waals surface area (Å²) < 4.78 is 31.5. The third-order valence-corrected chi connectivity index (χ3v) is 4.21. The van der Waals surface area contributed by atoms with Crippen LogP contribution in [0.2, 0.25) is 5.15 Å². The summed E-state index contributed by atoms with van der Waals surface area (Å²) in [5.41, 5.74) is 0.106. The fourth-order valence-corrected chi connectivity index (χ4v) is 2.81. The molecule has 116 valence electrons. The van der Waals surface area contributed by atoms with Gasteiger partial charge in [0.15, 0.2) is 0 Å². The van der Waals surface area contributed by atoms with Gasteiger partial charge in [0, 0.05) is 11.8 Å². The molecule has 0 atom stereocenters. The van der Waals surface area contributed by atoms with Crippen LogP contribution in [0.4, 0.5) is 0 Å². The molecule has 0 aliphatic heterocycles. The zero-order valence-electron chi connectivity index (χ0n) is 11.6. The van der Waals surface area contributed by atoms with E-state index in [1.165, 1.54) is 42.6 Å². The van der Waals surface area contributed by atoms with E-state index >= 15 is 0 Å². The van der Waals surface area contributed by atoms with Crippen molar-refractivity contribution < 1.29 is 17.9 Å². The Morgan fingerprint density at radius 2 is 1.95 bits per heavy atom. The van der Waals surface area contributed by atoms with E-state index in [0.717, 1.165) is 0 Å². The topological polar surface area (TPSA) is 85.4 Å². The van der Waals surface area contributed by atoms with Crippen LogP contribution in [0.15, 0.2) is 47.5 Å². The van der Waals surface area contributed by atoms with Crippen molar-refractivity contribution in [2.24, 2.45) is 0 Å². The Morgan fingerprint density at radius 1 is 1.27 bits per heavy atom. The summed E-state index contributed by atoms with van der Waals surface area (Å²) in [4.78, 5) is 15.6. The van der Waals surface area contributed by atoms with Crippen LogP contribution >= 0.6 is 11.6 Å². The molecule has 0 radical (unpaired) electrons. The van der Waals surface area contributed by atoms with Crippen LogP contribution in [0.3, 0.4) is 0 Å². The number of hydrogen-bond donors (Lipinski definition) is 1. The molecule has 1 N–H and O–H groups in total. The number of nitrogens with one attached hydrogen (secondary N) is 1. The summed E-state index contributed by atoms with van der Waals surface area (Å²) in [6.45, 7) is 2.30. The van der Waals surface area contributed by atoms with Gasteiger partial charge in [-0.3, -0.25) is 4.79 Å². The molecule has 0 aliphatic rings. The number of aromatic nitrogens is 1. The molecule has 22 heavy (non-hydrogen) atoms. The first-order valence-corrected chi connectivity index (χ1v) is 8.20. The van der Waals surface area contributed by atoms with Crippen molar-refractivity contribution in [2.45, 2.75) is 11.8 Å². The Hall–Kier alpha value is -2.12. The normalized spacial score (nSPS) is 11.0. The average molecular weight is 341 g/mol. The monoisotopic (exact) mass is 340 g/mol. The van der Waals surface area contributed by atoms with E-state index in [1.807, 2.05) is 11.6 Å². The molecule has 1 aromatic carbocycles. The summed E-state index contributed by atoms with van der Waals surface area (Å²) >= 11 is 5.67. The zero-order chi connectivity index (χ0) is 16.2. The zero-order valence-corrected chi connectivity index (χ0v) is 13.2. The lowest BCUT2D eigenvalue weighted by Gasteiger charge is -2.08. The van der Waals surface area contributed by atoms with Gasteiger partial charge in [-0.1, -0.05) is 11.6 Å². The molecule has 0 fully saturated rings. The van der Waals surface area contributed by atoms with Gasteiger partial charge in [-0.05, 0) is 43.3 Å². The number of ether oxygens (including phenoxy) is 1. The summed E-state index contributed by atoms with van der Waals surface area (Å²) in [6, 6.07) is 8.41. The summed E-state index contributed by atoms with van der Waals surface area (Å²) in [7, 11) is -3.97. The van der Waals surface area contributed by atoms with Crippen LogP contribution in [0.1, 0.15) is 17.3 Å². The molecule has 1 aromatic heterocycles. The van der Waals surface area contributed by atoms with Gasteiger partial charge in [0.05, 0.1) is 11.5 Å². The third-order valence-electron chi connectivity index (χ3n) is 2.66. The maximum absolute atomic E-state index is 12.1. The van der Waals surface area contributed by atoms with E-state index in [1.54, 1.807) is 0 Å². The number of sulfonamides is 1. The first kappa shape index (κ1) is 16.3. The smallest absolute Gasteiger partial charge is 0.265 e. The van der Waals surface area contributed by atoms with Gasteiger partial charge in [-0.2, -0.15) is 0 Å². The van der Waals surface area contributed by atoms with Gasteiger partial charge in [0.2, 0.25) is 0 Å². The molecular weight excluding hydrogens is 328 g/mol. The molecule has 0 bridgehead atoms. The minimum atomic E-state index is -3.97. The van der Waals surface area contributed by atoms with Gasteiger partial charge < -0.3 is 4.74 Å². The maximum atomic E-state index is 12.1. The van der Waals surface area contributed by atoms with E-state index in [0.29, 0.717) is 12.4 Å².